The van der Waals surface area contributed by atoms with Crippen LogP contribution >= 0.6 is 12.2 Å². The van der Waals surface area contributed by atoms with Gasteiger partial charge in [0.2, 0.25) is 6.41 Å². The third kappa shape index (κ3) is 2.43. The fourth-order valence-electron chi connectivity index (χ4n) is 0.876. The van der Waals surface area contributed by atoms with Crippen molar-refractivity contribution in [2.75, 3.05) is 0 Å². The molecule has 0 spiro atoms. The SMILES string of the molecule is C=S.CCC1(NC=O)CC1. The lowest BCUT2D eigenvalue weighted by atomic mass is 10.2. The molecule has 0 unspecified atom stereocenters. The van der Waals surface area contributed by atoms with Gasteiger partial charge in [-0.15, -0.1) is 0 Å². The Morgan fingerprint density at radius 2 is 2.20 bits per heavy atom. The molecule has 1 aliphatic carbocycles. The van der Waals surface area contributed by atoms with Gasteiger partial charge in [0.25, 0.3) is 0 Å². The number of hydrogen-bond donors (Lipinski definition) is 1. The summed E-state index contributed by atoms with van der Waals surface area (Å²) < 4.78 is 0. The third-order valence-electron chi connectivity index (χ3n) is 1.90. The van der Waals surface area contributed by atoms with Crippen LogP contribution in [0.25, 0.3) is 0 Å². The molecular weight excluding hydrogens is 146 g/mol. The minimum atomic E-state index is 0.224. The monoisotopic (exact) mass is 159 g/mol. The summed E-state index contributed by atoms with van der Waals surface area (Å²) in [5.41, 5.74) is 0.224. The zero-order valence-corrected chi connectivity index (χ0v) is 7.04. The lowest BCUT2D eigenvalue weighted by Gasteiger charge is -2.08. The standard InChI is InChI=1S/C6H11NO.CH2S/c1-2-6(3-4-6)7-5-8;1-2/h5H,2-4H2,1H3,(H,7,8);1H2. The number of thiocarbonyl (C=S) groups is 1. The van der Waals surface area contributed by atoms with Crippen molar-refractivity contribution >= 4 is 24.5 Å². The quantitative estimate of drug-likeness (QED) is 0.496. The van der Waals surface area contributed by atoms with E-state index >= 15 is 0 Å². The first kappa shape index (κ1) is 9.56. The Morgan fingerprint density at radius 3 is 2.30 bits per heavy atom. The molecular formula is C7H13NOS. The molecule has 3 heteroatoms. The third-order valence-corrected chi connectivity index (χ3v) is 1.90. The average Bonchev–Trinajstić information content (AvgIpc) is 2.75. The van der Waals surface area contributed by atoms with Crippen molar-refractivity contribution in [2.24, 2.45) is 0 Å². The first-order valence-electron chi connectivity index (χ1n) is 3.33. The Kier molecular flexibility index (Phi) is 4.19. The van der Waals surface area contributed by atoms with Crippen LogP contribution in [0.1, 0.15) is 26.2 Å². The molecule has 1 rings (SSSR count). The van der Waals surface area contributed by atoms with Crippen LogP contribution in [-0.2, 0) is 4.79 Å². The molecule has 0 atom stereocenters. The van der Waals surface area contributed by atoms with Crippen molar-refractivity contribution in [1.82, 2.24) is 5.32 Å². The van der Waals surface area contributed by atoms with Crippen molar-refractivity contribution in [3.05, 3.63) is 0 Å². The fraction of sp³-hybridized carbons (Fsp3) is 0.714. The van der Waals surface area contributed by atoms with Crippen LogP contribution in [0.3, 0.4) is 0 Å². The molecule has 0 radical (unpaired) electrons. The Morgan fingerprint density at radius 1 is 1.70 bits per heavy atom. The smallest absolute Gasteiger partial charge is 0.207 e. The Balaban J connectivity index is 0.000000371. The van der Waals surface area contributed by atoms with Crippen molar-refractivity contribution in [1.29, 1.82) is 0 Å². The maximum absolute atomic E-state index is 9.91. The lowest BCUT2D eigenvalue weighted by molar-refractivity contribution is -0.110. The molecule has 1 fully saturated rings. The minimum Gasteiger partial charge on any atom is -0.353 e. The molecule has 1 saturated carbocycles. The van der Waals surface area contributed by atoms with E-state index in [9.17, 15) is 4.79 Å². The van der Waals surface area contributed by atoms with Crippen molar-refractivity contribution in [3.63, 3.8) is 0 Å². The lowest BCUT2D eigenvalue weighted by Crippen LogP contribution is -2.28. The number of carbonyl (C=O) groups excluding carboxylic acids is 1. The van der Waals surface area contributed by atoms with Crippen molar-refractivity contribution in [2.45, 2.75) is 31.7 Å². The minimum absolute atomic E-state index is 0.224. The molecule has 1 aliphatic rings. The highest BCUT2D eigenvalue weighted by molar-refractivity contribution is 7.77. The van der Waals surface area contributed by atoms with E-state index < -0.39 is 0 Å². The topological polar surface area (TPSA) is 29.1 Å². The summed E-state index contributed by atoms with van der Waals surface area (Å²) in [7, 11) is 0. The van der Waals surface area contributed by atoms with E-state index in [0.717, 1.165) is 12.8 Å². The number of hydrogen-bond acceptors (Lipinski definition) is 2. The second-order valence-electron chi connectivity index (χ2n) is 2.40. The van der Waals surface area contributed by atoms with E-state index in [1.807, 2.05) is 0 Å². The van der Waals surface area contributed by atoms with Crippen LogP contribution in [0.5, 0.6) is 0 Å². The van der Waals surface area contributed by atoms with Gasteiger partial charge in [-0.2, -0.15) is 0 Å². The van der Waals surface area contributed by atoms with Gasteiger partial charge in [0, 0.05) is 5.54 Å². The molecule has 0 aromatic heterocycles. The number of amides is 1. The van der Waals surface area contributed by atoms with Crippen LogP contribution in [0.4, 0.5) is 0 Å². The molecule has 1 amide bonds. The highest BCUT2D eigenvalue weighted by atomic mass is 32.1. The van der Waals surface area contributed by atoms with Gasteiger partial charge < -0.3 is 5.32 Å². The molecule has 1 N–H and O–H groups in total. The highest BCUT2D eigenvalue weighted by Gasteiger charge is 2.39. The van der Waals surface area contributed by atoms with Gasteiger partial charge in [-0.1, -0.05) is 19.1 Å². The predicted octanol–water partition coefficient (Wildman–Crippen LogP) is 1.29. The van der Waals surface area contributed by atoms with E-state index in [2.05, 4.69) is 30.3 Å². The summed E-state index contributed by atoms with van der Waals surface area (Å²) in [4.78, 5) is 9.91. The molecule has 0 saturated heterocycles. The van der Waals surface area contributed by atoms with E-state index in [4.69, 9.17) is 0 Å². The van der Waals surface area contributed by atoms with Gasteiger partial charge in [-0.05, 0) is 25.1 Å². The first-order valence-corrected chi connectivity index (χ1v) is 3.91. The molecule has 58 valence electrons. The largest absolute Gasteiger partial charge is 0.353 e. The summed E-state index contributed by atoms with van der Waals surface area (Å²) in [5, 5.41) is 2.80. The summed E-state index contributed by atoms with van der Waals surface area (Å²) in [6.07, 6.45) is 4.22. The predicted molar refractivity (Wildman–Crippen MR) is 46.2 cm³/mol. The Hall–Kier alpha value is -0.440. The number of carbonyl (C=O) groups is 1. The molecule has 0 aromatic rings. The summed E-state index contributed by atoms with van der Waals surface area (Å²) in [6, 6.07) is 0. The zero-order valence-electron chi connectivity index (χ0n) is 6.22. The van der Waals surface area contributed by atoms with Gasteiger partial charge in [-0.3, -0.25) is 4.79 Å². The van der Waals surface area contributed by atoms with Crippen molar-refractivity contribution < 1.29 is 4.79 Å². The Labute approximate surface area is 67.0 Å². The van der Waals surface area contributed by atoms with Crippen LogP contribution in [-0.4, -0.2) is 17.8 Å². The van der Waals surface area contributed by atoms with Crippen LogP contribution in [0.2, 0.25) is 0 Å². The highest BCUT2D eigenvalue weighted by Crippen LogP contribution is 2.37. The molecule has 10 heavy (non-hydrogen) atoms. The van der Waals surface area contributed by atoms with E-state index in [1.165, 1.54) is 12.8 Å². The molecule has 0 bridgehead atoms. The van der Waals surface area contributed by atoms with Gasteiger partial charge in [-0.25, -0.2) is 0 Å². The van der Waals surface area contributed by atoms with Gasteiger partial charge >= 0.3 is 0 Å². The maximum Gasteiger partial charge on any atom is 0.207 e. The average molecular weight is 159 g/mol. The summed E-state index contributed by atoms with van der Waals surface area (Å²) in [6.45, 7) is 2.10. The molecule has 0 heterocycles. The van der Waals surface area contributed by atoms with Crippen LogP contribution in [0, 0.1) is 0 Å². The van der Waals surface area contributed by atoms with Crippen LogP contribution in [0.15, 0.2) is 0 Å². The molecule has 0 aromatic carbocycles. The second kappa shape index (κ2) is 4.39. The van der Waals surface area contributed by atoms with Gasteiger partial charge in [0.15, 0.2) is 0 Å². The van der Waals surface area contributed by atoms with Crippen molar-refractivity contribution in [3.8, 4) is 0 Å². The number of nitrogens with one attached hydrogen (secondary N) is 1. The van der Waals surface area contributed by atoms with Gasteiger partial charge in [0.1, 0.15) is 0 Å². The van der Waals surface area contributed by atoms with E-state index in [0.29, 0.717) is 0 Å². The fourth-order valence-corrected chi connectivity index (χ4v) is 0.876. The maximum atomic E-state index is 9.91. The zero-order chi connectivity index (χ0) is 8.04. The Bertz CT molecular complexity index is 112. The normalized spacial score (nSPS) is 18.1. The first-order chi connectivity index (χ1) is 4.83. The van der Waals surface area contributed by atoms with E-state index in [-0.39, 0.29) is 5.54 Å². The second-order valence-corrected chi connectivity index (χ2v) is 2.40. The number of rotatable bonds is 3. The van der Waals surface area contributed by atoms with Gasteiger partial charge in [0.05, 0.1) is 0 Å². The summed E-state index contributed by atoms with van der Waals surface area (Å²) >= 11 is 3.83. The molecule has 0 aliphatic heterocycles. The van der Waals surface area contributed by atoms with E-state index in [1.54, 1.807) is 0 Å². The molecule has 2 nitrogen and oxygen atoms in total. The summed E-state index contributed by atoms with van der Waals surface area (Å²) in [5.74, 6) is 2.83. The van der Waals surface area contributed by atoms with Crippen LogP contribution < -0.4 is 5.32 Å².